The van der Waals surface area contributed by atoms with E-state index < -0.39 is 16.2 Å². The van der Waals surface area contributed by atoms with E-state index in [0.29, 0.717) is 12.8 Å². The average molecular weight is 224 g/mol. The lowest BCUT2D eigenvalue weighted by Crippen LogP contribution is -2.33. The number of benzene rings is 1. The molecule has 0 amide bonds. The first kappa shape index (κ1) is 11.0. The molecule has 0 heterocycles. The van der Waals surface area contributed by atoms with E-state index >= 15 is 0 Å². The fourth-order valence-corrected chi connectivity index (χ4v) is 2.23. The zero-order chi connectivity index (χ0) is 11.9. The summed E-state index contributed by atoms with van der Waals surface area (Å²) in [6.07, 6.45) is 1.43. The Kier molecular flexibility index (Phi) is 2.42. The van der Waals surface area contributed by atoms with Crippen LogP contribution < -0.4 is 5.73 Å². The molecule has 2 rings (SSSR count). The summed E-state index contributed by atoms with van der Waals surface area (Å²) < 4.78 is 13.7. The van der Waals surface area contributed by atoms with E-state index in [2.05, 4.69) is 0 Å². The number of nitrogens with two attached hydrogens (primary N) is 1. The average Bonchev–Trinajstić information content (AvgIpc) is 2.98. The van der Waals surface area contributed by atoms with Gasteiger partial charge in [-0.1, -0.05) is 6.07 Å². The van der Waals surface area contributed by atoms with E-state index in [1.165, 1.54) is 18.2 Å². The molecule has 0 aliphatic heterocycles. The van der Waals surface area contributed by atoms with Gasteiger partial charge < -0.3 is 5.73 Å². The van der Waals surface area contributed by atoms with Crippen LogP contribution in [0.5, 0.6) is 0 Å². The van der Waals surface area contributed by atoms with Gasteiger partial charge in [0.25, 0.3) is 5.69 Å². The maximum atomic E-state index is 13.7. The van der Waals surface area contributed by atoms with Crippen molar-refractivity contribution in [2.24, 2.45) is 5.73 Å². The van der Waals surface area contributed by atoms with Crippen LogP contribution in [0.25, 0.3) is 0 Å². The monoisotopic (exact) mass is 224 g/mol. The molecule has 1 aliphatic rings. The summed E-state index contributed by atoms with van der Waals surface area (Å²) >= 11 is 0. The van der Waals surface area contributed by atoms with Gasteiger partial charge >= 0.3 is 0 Å². The van der Waals surface area contributed by atoms with Gasteiger partial charge in [0.15, 0.2) is 0 Å². The third kappa shape index (κ3) is 1.48. The second-order valence-electron chi connectivity index (χ2n) is 4.34. The van der Waals surface area contributed by atoms with E-state index in [0.717, 1.165) is 0 Å². The normalized spacial score (nSPS) is 19.2. The molecule has 0 spiro atoms. The Morgan fingerprint density at radius 3 is 2.62 bits per heavy atom. The summed E-state index contributed by atoms with van der Waals surface area (Å²) in [6.45, 7) is 1.77. The Bertz CT molecular complexity index is 442. The van der Waals surface area contributed by atoms with Gasteiger partial charge in [0.05, 0.1) is 10.5 Å². The Hall–Kier alpha value is -1.49. The smallest absolute Gasteiger partial charge is 0.276 e. The molecule has 1 saturated carbocycles. The van der Waals surface area contributed by atoms with Crippen LogP contribution in [0.4, 0.5) is 10.1 Å². The number of rotatable bonds is 3. The van der Waals surface area contributed by atoms with Gasteiger partial charge in [-0.05, 0) is 25.8 Å². The van der Waals surface area contributed by atoms with Gasteiger partial charge in [0.2, 0.25) is 0 Å². The number of hydrogen-bond acceptors (Lipinski definition) is 3. The molecule has 2 N–H and O–H groups in total. The van der Waals surface area contributed by atoms with Gasteiger partial charge in [-0.15, -0.1) is 0 Å². The largest absolute Gasteiger partial charge is 0.327 e. The summed E-state index contributed by atoms with van der Waals surface area (Å²) in [7, 11) is 0. The topological polar surface area (TPSA) is 69.2 Å². The van der Waals surface area contributed by atoms with Gasteiger partial charge in [0.1, 0.15) is 5.82 Å². The molecule has 5 heteroatoms. The van der Waals surface area contributed by atoms with Crippen LogP contribution in [-0.2, 0) is 5.41 Å². The van der Waals surface area contributed by atoms with Crippen molar-refractivity contribution in [3.8, 4) is 0 Å². The van der Waals surface area contributed by atoms with Crippen LogP contribution >= 0.6 is 0 Å². The number of hydrogen-bond donors (Lipinski definition) is 1. The molecule has 0 bridgehead atoms. The summed E-state index contributed by atoms with van der Waals surface area (Å²) in [6, 6.07) is 3.67. The standard InChI is InChI=1S/C11H13FN2O2/c1-7(13)11(5-6-11)10-8(12)3-2-4-9(10)14(15)16/h2-4,7H,5-6,13H2,1H3. The Morgan fingerprint density at radius 2 is 2.19 bits per heavy atom. The number of nitro groups is 1. The highest BCUT2D eigenvalue weighted by atomic mass is 19.1. The number of nitrogens with zero attached hydrogens (tertiary/aromatic N) is 1. The third-order valence-corrected chi connectivity index (χ3v) is 3.35. The molecule has 0 saturated heterocycles. The number of halogens is 1. The van der Waals surface area contributed by atoms with Gasteiger partial charge in [-0.3, -0.25) is 10.1 Å². The van der Waals surface area contributed by atoms with E-state index in [1.54, 1.807) is 6.92 Å². The summed E-state index contributed by atoms with van der Waals surface area (Å²) in [4.78, 5) is 10.3. The molecule has 16 heavy (non-hydrogen) atoms. The predicted octanol–water partition coefficient (Wildman–Crippen LogP) is 2.11. The molecular formula is C11H13FN2O2. The van der Waals surface area contributed by atoms with Crippen molar-refractivity contribution >= 4 is 5.69 Å². The van der Waals surface area contributed by atoms with Crippen molar-refractivity contribution in [1.82, 2.24) is 0 Å². The summed E-state index contributed by atoms with van der Waals surface area (Å²) in [5.41, 5.74) is 5.30. The fourth-order valence-electron chi connectivity index (χ4n) is 2.23. The third-order valence-electron chi connectivity index (χ3n) is 3.35. The molecule has 1 unspecified atom stereocenters. The minimum atomic E-state index is -0.541. The molecule has 1 aromatic rings. The Labute approximate surface area is 92.4 Å². The maximum absolute atomic E-state index is 13.7. The lowest BCUT2D eigenvalue weighted by atomic mass is 9.88. The van der Waals surface area contributed by atoms with Crippen molar-refractivity contribution in [3.05, 3.63) is 39.7 Å². The van der Waals surface area contributed by atoms with Gasteiger partial charge in [-0.2, -0.15) is 0 Å². The summed E-state index contributed by atoms with van der Waals surface area (Å²) in [5, 5.41) is 10.9. The quantitative estimate of drug-likeness (QED) is 0.631. The molecule has 1 fully saturated rings. The first-order valence-electron chi connectivity index (χ1n) is 5.18. The predicted molar refractivity (Wildman–Crippen MR) is 57.6 cm³/mol. The van der Waals surface area contributed by atoms with Crippen molar-refractivity contribution in [1.29, 1.82) is 0 Å². The van der Waals surface area contributed by atoms with Gasteiger partial charge in [-0.25, -0.2) is 4.39 Å². The molecule has 1 aliphatic carbocycles. The van der Waals surface area contributed by atoms with E-state index in [4.69, 9.17) is 5.73 Å². The molecule has 86 valence electrons. The van der Waals surface area contributed by atoms with Crippen LogP contribution in [0.15, 0.2) is 18.2 Å². The number of nitro benzene ring substituents is 1. The van der Waals surface area contributed by atoms with Crippen LogP contribution in [-0.4, -0.2) is 11.0 Å². The van der Waals surface area contributed by atoms with Crippen LogP contribution in [0.2, 0.25) is 0 Å². The molecule has 0 aromatic heterocycles. The van der Waals surface area contributed by atoms with E-state index in [9.17, 15) is 14.5 Å². The van der Waals surface area contributed by atoms with Crippen molar-refractivity contribution in [2.75, 3.05) is 0 Å². The van der Waals surface area contributed by atoms with Crippen LogP contribution in [0.1, 0.15) is 25.3 Å². The second kappa shape index (κ2) is 3.52. The second-order valence-corrected chi connectivity index (χ2v) is 4.34. The lowest BCUT2D eigenvalue weighted by Gasteiger charge is -2.20. The SMILES string of the molecule is CC(N)C1(c2c(F)cccc2[N+](=O)[O-])CC1. The molecule has 1 aromatic carbocycles. The minimum absolute atomic E-state index is 0.158. The molecule has 4 nitrogen and oxygen atoms in total. The summed E-state index contributed by atoms with van der Waals surface area (Å²) in [5.74, 6) is -0.524. The van der Waals surface area contributed by atoms with Crippen LogP contribution in [0.3, 0.4) is 0 Å². The van der Waals surface area contributed by atoms with E-state index in [1.807, 2.05) is 0 Å². The van der Waals surface area contributed by atoms with Crippen LogP contribution in [0, 0.1) is 15.9 Å². The first-order chi connectivity index (χ1) is 7.49. The zero-order valence-electron chi connectivity index (χ0n) is 8.94. The maximum Gasteiger partial charge on any atom is 0.276 e. The molecular weight excluding hydrogens is 211 g/mol. The fraction of sp³-hybridized carbons (Fsp3) is 0.455. The molecule has 0 radical (unpaired) electrons. The minimum Gasteiger partial charge on any atom is -0.327 e. The van der Waals surface area contributed by atoms with Crippen molar-refractivity contribution < 1.29 is 9.31 Å². The van der Waals surface area contributed by atoms with E-state index in [-0.39, 0.29) is 17.3 Å². The molecule has 1 atom stereocenters. The highest BCUT2D eigenvalue weighted by Crippen LogP contribution is 2.53. The van der Waals surface area contributed by atoms with Crippen molar-refractivity contribution in [3.63, 3.8) is 0 Å². The lowest BCUT2D eigenvalue weighted by molar-refractivity contribution is -0.386. The zero-order valence-corrected chi connectivity index (χ0v) is 8.94. The highest BCUT2D eigenvalue weighted by molar-refractivity contribution is 5.50. The Morgan fingerprint density at radius 1 is 1.56 bits per heavy atom. The Balaban J connectivity index is 2.59. The first-order valence-corrected chi connectivity index (χ1v) is 5.18. The van der Waals surface area contributed by atoms with Crippen molar-refractivity contribution in [2.45, 2.75) is 31.2 Å². The van der Waals surface area contributed by atoms with Gasteiger partial charge in [0, 0.05) is 17.5 Å². The highest BCUT2D eigenvalue weighted by Gasteiger charge is 2.52.